The van der Waals surface area contributed by atoms with E-state index in [4.69, 9.17) is 5.26 Å². The number of aliphatic hydroxyl groups is 1. The largest absolute Gasteiger partial charge is 0.389 e. The first-order valence-electron chi connectivity index (χ1n) is 4.96. The molecule has 2 nitrogen and oxygen atoms in total. The van der Waals surface area contributed by atoms with Gasteiger partial charge in [0.25, 0.3) is 0 Å². The van der Waals surface area contributed by atoms with Crippen molar-refractivity contribution in [2.45, 2.75) is 38.7 Å². The Kier molecular flexibility index (Phi) is 1.92. The average Bonchev–Trinajstić information content (AvgIpc) is 2.43. The van der Waals surface area contributed by atoms with Gasteiger partial charge in [-0.1, -0.05) is 13.0 Å². The highest BCUT2D eigenvalue weighted by Gasteiger charge is 2.45. The fraction of sp³-hybridized carbons (Fsp3) is 0.727. The monoisotopic (exact) mass is 177 g/mol. The summed E-state index contributed by atoms with van der Waals surface area (Å²) >= 11 is 0. The number of rotatable bonds is 0. The maximum Gasteiger partial charge on any atom is 0.0755 e. The Bertz CT molecular complexity index is 289. The highest BCUT2D eigenvalue weighted by atomic mass is 16.3. The van der Waals surface area contributed by atoms with Crippen molar-refractivity contribution in [1.29, 1.82) is 5.26 Å². The summed E-state index contributed by atoms with van der Waals surface area (Å²) in [7, 11) is 0. The molecule has 2 rings (SSSR count). The SMILES string of the molecule is C[C@]12CCC[C@@H](O)C1=CC[C@@H]2C#N. The van der Waals surface area contributed by atoms with Crippen LogP contribution < -0.4 is 0 Å². The second-order valence-electron chi connectivity index (χ2n) is 4.40. The molecule has 0 spiro atoms. The number of hydrogen-bond donors (Lipinski definition) is 1. The molecule has 3 atom stereocenters. The molecule has 0 aromatic heterocycles. The smallest absolute Gasteiger partial charge is 0.0755 e. The zero-order valence-electron chi connectivity index (χ0n) is 7.95. The van der Waals surface area contributed by atoms with Crippen LogP contribution in [-0.4, -0.2) is 11.2 Å². The summed E-state index contributed by atoms with van der Waals surface area (Å²) in [6.07, 6.45) is 5.62. The standard InChI is InChI=1S/C11H15NO/c1-11-6-2-3-10(13)9(11)5-4-8(11)7-12/h5,8,10,13H,2-4,6H2,1H3/t8-,10-,11-/m1/s1. The fourth-order valence-electron chi connectivity index (χ4n) is 2.79. The van der Waals surface area contributed by atoms with Gasteiger partial charge in [-0.25, -0.2) is 0 Å². The van der Waals surface area contributed by atoms with E-state index >= 15 is 0 Å². The van der Waals surface area contributed by atoms with Crippen LogP contribution in [0.1, 0.15) is 32.6 Å². The number of hydrogen-bond acceptors (Lipinski definition) is 2. The molecule has 13 heavy (non-hydrogen) atoms. The van der Waals surface area contributed by atoms with Crippen LogP contribution in [0.4, 0.5) is 0 Å². The number of allylic oxidation sites excluding steroid dienone is 1. The summed E-state index contributed by atoms with van der Waals surface area (Å²) in [5, 5.41) is 18.8. The van der Waals surface area contributed by atoms with Gasteiger partial charge >= 0.3 is 0 Å². The van der Waals surface area contributed by atoms with Crippen LogP contribution in [0.15, 0.2) is 11.6 Å². The molecule has 1 fully saturated rings. The van der Waals surface area contributed by atoms with Crippen LogP contribution in [0.3, 0.4) is 0 Å². The Hall–Kier alpha value is -0.810. The van der Waals surface area contributed by atoms with Gasteiger partial charge in [-0.05, 0) is 31.3 Å². The third-order valence-electron chi connectivity index (χ3n) is 3.69. The van der Waals surface area contributed by atoms with Crippen molar-refractivity contribution in [3.63, 3.8) is 0 Å². The van der Waals surface area contributed by atoms with Crippen molar-refractivity contribution in [3.05, 3.63) is 11.6 Å². The van der Waals surface area contributed by atoms with E-state index in [2.05, 4.69) is 19.1 Å². The molecule has 70 valence electrons. The molecule has 0 bridgehead atoms. The Morgan fingerprint density at radius 1 is 1.69 bits per heavy atom. The summed E-state index contributed by atoms with van der Waals surface area (Å²) in [6.45, 7) is 2.13. The predicted octanol–water partition coefficient (Wildman–Crippen LogP) is 2.01. The molecule has 2 aliphatic rings. The lowest BCUT2D eigenvalue weighted by Gasteiger charge is -2.38. The molecule has 0 amide bonds. The summed E-state index contributed by atoms with van der Waals surface area (Å²) in [5.74, 6) is 0.0949. The number of fused-ring (bicyclic) bond motifs is 1. The highest BCUT2D eigenvalue weighted by Crippen LogP contribution is 2.51. The van der Waals surface area contributed by atoms with Crippen LogP contribution in [0.5, 0.6) is 0 Å². The molecular weight excluding hydrogens is 162 g/mol. The minimum atomic E-state index is -0.280. The Balaban J connectivity index is 2.32. The zero-order valence-corrected chi connectivity index (χ0v) is 7.95. The maximum atomic E-state index is 9.78. The van der Waals surface area contributed by atoms with Gasteiger partial charge in [-0.3, -0.25) is 0 Å². The van der Waals surface area contributed by atoms with E-state index in [0.717, 1.165) is 31.3 Å². The number of nitrogens with zero attached hydrogens (tertiary/aromatic N) is 1. The van der Waals surface area contributed by atoms with Gasteiger partial charge < -0.3 is 5.11 Å². The summed E-state index contributed by atoms with van der Waals surface area (Å²) in [4.78, 5) is 0. The maximum absolute atomic E-state index is 9.78. The van der Waals surface area contributed by atoms with Crippen LogP contribution >= 0.6 is 0 Å². The van der Waals surface area contributed by atoms with Gasteiger partial charge in [0.2, 0.25) is 0 Å². The van der Waals surface area contributed by atoms with E-state index in [1.807, 2.05) is 0 Å². The lowest BCUT2D eigenvalue weighted by atomic mass is 9.67. The first-order chi connectivity index (χ1) is 6.18. The average molecular weight is 177 g/mol. The second kappa shape index (κ2) is 2.85. The van der Waals surface area contributed by atoms with Gasteiger partial charge in [0.1, 0.15) is 0 Å². The van der Waals surface area contributed by atoms with E-state index < -0.39 is 0 Å². The molecule has 0 unspecified atom stereocenters. The molecule has 0 heterocycles. The first-order valence-corrected chi connectivity index (χ1v) is 4.96. The minimum Gasteiger partial charge on any atom is -0.389 e. The fourth-order valence-corrected chi connectivity index (χ4v) is 2.79. The topological polar surface area (TPSA) is 44.0 Å². The van der Waals surface area contributed by atoms with E-state index in [-0.39, 0.29) is 17.4 Å². The van der Waals surface area contributed by atoms with E-state index in [1.165, 1.54) is 0 Å². The van der Waals surface area contributed by atoms with Crippen molar-refractivity contribution >= 4 is 0 Å². The Labute approximate surface area is 78.9 Å². The quantitative estimate of drug-likeness (QED) is 0.575. The van der Waals surface area contributed by atoms with E-state index in [1.54, 1.807) is 0 Å². The van der Waals surface area contributed by atoms with Gasteiger partial charge in [0, 0.05) is 5.41 Å². The molecule has 1 N–H and O–H groups in total. The normalized spacial score (nSPS) is 43.6. The third-order valence-corrected chi connectivity index (χ3v) is 3.69. The zero-order chi connectivity index (χ0) is 9.47. The molecule has 0 aromatic carbocycles. The van der Waals surface area contributed by atoms with E-state index in [0.29, 0.717) is 0 Å². The van der Waals surface area contributed by atoms with Crippen molar-refractivity contribution in [2.24, 2.45) is 11.3 Å². The van der Waals surface area contributed by atoms with Gasteiger partial charge in [0.15, 0.2) is 0 Å². The van der Waals surface area contributed by atoms with Gasteiger partial charge in [-0.2, -0.15) is 5.26 Å². The van der Waals surface area contributed by atoms with Gasteiger partial charge in [0.05, 0.1) is 18.1 Å². The van der Waals surface area contributed by atoms with Crippen LogP contribution in [0, 0.1) is 22.7 Å². The molecule has 0 saturated heterocycles. The van der Waals surface area contributed by atoms with Crippen molar-refractivity contribution in [3.8, 4) is 6.07 Å². The highest BCUT2D eigenvalue weighted by molar-refractivity contribution is 5.30. The minimum absolute atomic E-state index is 0.0214. The number of aliphatic hydroxyl groups excluding tert-OH is 1. The molecular formula is C11H15NO. The molecule has 0 aromatic rings. The van der Waals surface area contributed by atoms with Crippen molar-refractivity contribution < 1.29 is 5.11 Å². The first kappa shape index (κ1) is 8.77. The Morgan fingerprint density at radius 2 is 2.46 bits per heavy atom. The molecule has 1 saturated carbocycles. The predicted molar refractivity (Wildman–Crippen MR) is 49.8 cm³/mol. The summed E-state index contributed by atoms with van der Waals surface area (Å²) in [6, 6.07) is 2.36. The van der Waals surface area contributed by atoms with Crippen LogP contribution in [0.25, 0.3) is 0 Å². The van der Waals surface area contributed by atoms with Crippen molar-refractivity contribution in [1.82, 2.24) is 0 Å². The van der Waals surface area contributed by atoms with Crippen LogP contribution in [-0.2, 0) is 0 Å². The lowest BCUT2D eigenvalue weighted by molar-refractivity contribution is 0.117. The summed E-state index contributed by atoms with van der Waals surface area (Å²) in [5.41, 5.74) is 1.11. The van der Waals surface area contributed by atoms with Gasteiger partial charge in [-0.15, -0.1) is 0 Å². The third kappa shape index (κ3) is 1.11. The lowest BCUT2D eigenvalue weighted by Crippen LogP contribution is -2.34. The second-order valence-corrected chi connectivity index (χ2v) is 4.40. The molecule has 0 radical (unpaired) electrons. The molecule has 2 aliphatic carbocycles. The number of nitriles is 1. The van der Waals surface area contributed by atoms with Crippen LogP contribution in [0.2, 0.25) is 0 Å². The Morgan fingerprint density at radius 3 is 3.15 bits per heavy atom. The molecule has 2 heteroatoms. The van der Waals surface area contributed by atoms with E-state index in [9.17, 15) is 5.11 Å². The van der Waals surface area contributed by atoms with Crippen molar-refractivity contribution in [2.75, 3.05) is 0 Å². The molecule has 0 aliphatic heterocycles. The summed E-state index contributed by atoms with van der Waals surface area (Å²) < 4.78 is 0.